The first-order valence-corrected chi connectivity index (χ1v) is 5.58. The number of rotatable bonds is 4. The predicted molar refractivity (Wildman–Crippen MR) is 69.7 cm³/mol. The maximum atomic E-state index is 10.6. The number of non-ortho nitro benzene ring substituents is 1. The molecule has 0 saturated carbocycles. The second-order valence-electron chi connectivity index (χ2n) is 4.00. The molecule has 0 unspecified atom stereocenters. The fourth-order valence-corrected chi connectivity index (χ4v) is 1.60. The molecule has 0 aliphatic heterocycles. The highest BCUT2D eigenvalue weighted by Gasteiger charge is 2.09. The zero-order valence-corrected chi connectivity index (χ0v) is 10.2. The molecule has 0 N–H and O–H groups in total. The van der Waals surface area contributed by atoms with E-state index in [1.54, 1.807) is 37.3 Å². The summed E-state index contributed by atoms with van der Waals surface area (Å²) in [5.41, 5.74) is 1.27. The van der Waals surface area contributed by atoms with E-state index in [1.165, 1.54) is 12.1 Å². The van der Waals surface area contributed by atoms with Gasteiger partial charge in [0, 0.05) is 17.7 Å². The number of carbonyl (C=O) groups excluding carboxylic acids is 1. The van der Waals surface area contributed by atoms with Gasteiger partial charge < -0.3 is 4.74 Å². The lowest BCUT2D eigenvalue weighted by Crippen LogP contribution is -1.92. The van der Waals surface area contributed by atoms with Gasteiger partial charge in [0.1, 0.15) is 17.8 Å². The first kappa shape index (κ1) is 12.8. The number of benzene rings is 2. The van der Waals surface area contributed by atoms with Crippen LogP contribution >= 0.6 is 0 Å². The van der Waals surface area contributed by atoms with Gasteiger partial charge in [-0.2, -0.15) is 0 Å². The molecule has 2 rings (SSSR count). The lowest BCUT2D eigenvalue weighted by Gasteiger charge is -2.08. The van der Waals surface area contributed by atoms with E-state index in [0.717, 1.165) is 6.29 Å². The summed E-state index contributed by atoms with van der Waals surface area (Å²) in [4.78, 5) is 20.7. The van der Waals surface area contributed by atoms with Gasteiger partial charge in [-0.25, -0.2) is 0 Å². The van der Waals surface area contributed by atoms with Crippen molar-refractivity contribution >= 4 is 12.0 Å². The summed E-state index contributed by atoms with van der Waals surface area (Å²) in [6, 6.07) is 11.0. The Morgan fingerprint density at radius 2 is 1.84 bits per heavy atom. The number of hydrogen-bond acceptors (Lipinski definition) is 4. The van der Waals surface area contributed by atoms with Crippen molar-refractivity contribution in [3.63, 3.8) is 0 Å². The molecular weight excluding hydrogens is 246 g/mol. The third kappa shape index (κ3) is 2.95. The van der Waals surface area contributed by atoms with Crippen molar-refractivity contribution in [1.82, 2.24) is 0 Å². The Morgan fingerprint density at radius 3 is 2.37 bits per heavy atom. The molecule has 0 aromatic heterocycles. The second kappa shape index (κ2) is 5.30. The minimum absolute atomic E-state index is 0.0288. The Hall–Kier alpha value is -2.69. The standard InChI is InChI=1S/C14H11NO4/c1-10-8-12(15(17)18)4-7-14(10)19-13-5-2-11(9-16)3-6-13/h2-9H,1H3. The monoisotopic (exact) mass is 257 g/mol. The topological polar surface area (TPSA) is 69.4 Å². The molecule has 0 spiro atoms. The highest BCUT2D eigenvalue weighted by Crippen LogP contribution is 2.28. The molecule has 0 fully saturated rings. The smallest absolute Gasteiger partial charge is 0.269 e. The van der Waals surface area contributed by atoms with Gasteiger partial charge in [0.05, 0.1) is 4.92 Å². The Kier molecular flexibility index (Phi) is 3.56. The zero-order valence-electron chi connectivity index (χ0n) is 10.2. The lowest BCUT2D eigenvalue weighted by molar-refractivity contribution is -0.384. The average Bonchev–Trinajstić information content (AvgIpc) is 2.41. The second-order valence-corrected chi connectivity index (χ2v) is 4.00. The third-order valence-electron chi connectivity index (χ3n) is 2.61. The normalized spacial score (nSPS) is 9.95. The number of nitrogens with zero attached hydrogens (tertiary/aromatic N) is 1. The van der Waals surface area contributed by atoms with E-state index in [2.05, 4.69) is 0 Å². The number of aldehydes is 1. The highest BCUT2D eigenvalue weighted by atomic mass is 16.6. The van der Waals surface area contributed by atoms with E-state index in [1.807, 2.05) is 0 Å². The van der Waals surface area contributed by atoms with E-state index >= 15 is 0 Å². The van der Waals surface area contributed by atoms with Gasteiger partial charge in [0.15, 0.2) is 0 Å². The lowest BCUT2D eigenvalue weighted by atomic mass is 10.2. The van der Waals surface area contributed by atoms with Crippen LogP contribution in [-0.4, -0.2) is 11.2 Å². The molecule has 19 heavy (non-hydrogen) atoms. The largest absolute Gasteiger partial charge is 0.457 e. The van der Waals surface area contributed by atoms with Gasteiger partial charge in [0.2, 0.25) is 0 Å². The number of carbonyl (C=O) groups is 1. The zero-order chi connectivity index (χ0) is 13.8. The van der Waals surface area contributed by atoms with Crippen molar-refractivity contribution in [2.75, 3.05) is 0 Å². The summed E-state index contributed by atoms with van der Waals surface area (Å²) >= 11 is 0. The van der Waals surface area contributed by atoms with Crippen LogP contribution in [-0.2, 0) is 0 Å². The number of hydrogen-bond donors (Lipinski definition) is 0. The van der Waals surface area contributed by atoms with Gasteiger partial charge >= 0.3 is 0 Å². The molecular formula is C14H11NO4. The van der Waals surface area contributed by atoms with Crippen LogP contribution in [0.2, 0.25) is 0 Å². The summed E-state index contributed by atoms with van der Waals surface area (Å²) in [7, 11) is 0. The number of nitro groups is 1. The van der Waals surface area contributed by atoms with E-state index in [4.69, 9.17) is 4.74 Å². The summed E-state index contributed by atoms with van der Waals surface area (Å²) in [6.07, 6.45) is 0.751. The Balaban J connectivity index is 2.22. The van der Waals surface area contributed by atoms with Crippen LogP contribution in [0, 0.1) is 17.0 Å². The Bertz CT molecular complexity index is 620. The van der Waals surface area contributed by atoms with Crippen LogP contribution in [0.25, 0.3) is 0 Å². The van der Waals surface area contributed by atoms with E-state index in [9.17, 15) is 14.9 Å². The summed E-state index contributed by atoms with van der Waals surface area (Å²) in [6.45, 7) is 1.74. The molecule has 0 heterocycles. The molecule has 0 radical (unpaired) electrons. The maximum absolute atomic E-state index is 10.6. The molecule has 0 bridgehead atoms. The third-order valence-corrected chi connectivity index (χ3v) is 2.61. The molecule has 0 saturated heterocycles. The van der Waals surface area contributed by atoms with Crippen molar-refractivity contribution in [1.29, 1.82) is 0 Å². The van der Waals surface area contributed by atoms with Gasteiger partial charge in [-0.3, -0.25) is 14.9 Å². The SMILES string of the molecule is Cc1cc([N+](=O)[O-])ccc1Oc1ccc(C=O)cc1. The van der Waals surface area contributed by atoms with E-state index in [-0.39, 0.29) is 5.69 Å². The van der Waals surface area contributed by atoms with Gasteiger partial charge in [0.25, 0.3) is 5.69 Å². The van der Waals surface area contributed by atoms with Crippen LogP contribution in [0.5, 0.6) is 11.5 Å². The van der Waals surface area contributed by atoms with Crippen LogP contribution in [0.15, 0.2) is 42.5 Å². The Labute approximate surface area is 109 Å². The summed E-state index contributed by atoms with van der Waals surface area (Å²) < 4.78 is 5.60. The number of aryl methyl sites for hydroxylation is 1. The van der Waals surface area contributed by atoms with Crippen molar-refractivity contribution in [3.05, 3.63) is 63.7 Å². The van der Waals surface area contributed by atoms with Gasteiger partial charge in [-0.05, 0) is 42.8 Å². The molecule has 96 valence electrons. The quantitative estimate of drug-likeness (QED) is 0.477. The molecule has 0 aliphatic rings. The first-order chi connectivity index (χ1) is 9.10. The fraction of sp³-hybridized carbons (Fsp3) is 0.0714. The summed E-state index contributed by atoms with van der Waals surface area (Å²) in [5.74, 6) is 1.12. The van der Waals surface area contributed by atoms with Crippen molar-refractivity contribution in [3.8, 4) is 11.5 Å². The molecule has 5 heteroatoms. The average molecular weight is 257 g/mol. The van der Waals surface area contributed by atoms with Gasteiger partial charge in [-0.1, -0.05) is 0 Å². The van der Waals surface area contributed by atoms with Crippen molar-refractivity contribution in [2.24, 2.45) is 0 Å². The minimum atomic E-state index is -0.449. The molecule has 2 aromatic rings. The van der Waals surface area contributed by atoms with E-state index < -0.39 is 4.92 Å². The van der Waals surface area contributed by atoms with Crippen LogP contribution in [0.4, 0.5) is 5.69 Å². The Morgan fingerprint density at radius 1 is 1.16 bits per heavy atom. The van der Waals surface area contributed by atoms with Crippen molar-refractivity contribution < 1.29 is 14.5 Å². The maximum Gasteiger partial charge on any atom is 0.269 e. The highest BCUT2D eigenvalue weighted by molar-refractivity contribution is 5.74. The van der Waals surface area contributed by atoms with Crippen molar-refractivity contribution in [2.45, 2.75) is 6.92 Å². The molecule has 2 aromatic carbocycles. The van der Waals surface area contributed by atoms with Crippen LogP contribution in [0.1, 0.15) is 15.9 Å². The first-order valence-electron chi connectivity index (χ1n) is 5.58. The van der Waals surface area contributed by atoms with E-state index in [0.29, 0.717) is 22.6 Å². The molecule has 0 aliphatic carbocycles. The minimum Gasteiger partial charge on any atom is -0.457 e. The number of ether oxygens (including phenoxy) is 1. The number of nitro benzene ring substituents is 1. The predicted octanol–water partition coefficient (Wildman–Crippen LogP) is 3.51. The molecule has 5 nitrogen and oxygen atoms in total. The molecule has 0 amide bonds. The summed E-state index contributed by atoms with van der Waals surface area (Å²) in [5, 5.41) is 10.6. The fourth-order valence-electron chi connectivity index (χ4n) is 1.60. The van der Waals surface area contributed by atoms with Crippen LogP contribution in [0.3, 0.4) is 0 Å². The molecule has 0 atom stereocenters. The van der Waals surface area contributed by atoms with Crippen LogP contribution < -0.4 is 4.74 Å². The van der Waals surface area contributed by atoms with Gasteiger partial charge in [-0.15, -0.1) is 0 Å².